The number of alkyl halides is 3. The van der Waals surface area contributed by atoms with Crippen LogP contribution >= 0.6 is 0 Å². The molecule has 0 saturated heterocycles. The molecule has 0 aromatic heterocycles. The van der Waals surface area contributed by atoms with Crippen molar-refractivity contribution in [3.8, 4) is 5.75 Å². The van der Waals surface area contributed by atoms with Gasteiger partial charge in [-0.05, 0) is 73.2 Å². The van der Waals surface area contributed by atoms with E-state index in [1.54, 1.807) is 7.11 Å². The van der Waals surface area contributed by atoms with Crippen molar-refractivity contribution in [3.05, 3.63) is 58.7 Å². The summed E-state index contributed by atoms with van der Waals surface area (Å²) < 4.78 is 70.0. The van der Waals surface area contributed by atoms with Crippen LogP contribution < -0.4 is 14.4 Å². The van der Waals surface area contributed by atoms with Crippen LogP contribution in [0.4, 0.5) is 18.9 Å². The van der Waals surface area contributed by atoms with Gasteiger partial charge in [0.25, 0.3) is 0 Å². The summed E-state index contributed by atoms with van der Waals surface area (Å²) in [6.07, 6.45) is -3.51. The van der Waals surface area contributed by atoms with Crippen molar-refractivity contribution >= 4 is 21.6 Å². The summed E-state index contributed by atoms with van der Waals surface area (Å²) in [5.41, 5.74) is 1.91. The highest BCUT2D eigenvalue weighted by atomic mass is 32.2. The minimum Gasteiger partial charge on any atom is -0.496 e. The molecular weight excluding hydrogens is 481 g/mol. The van der Waals surface area contributed by atoms with Crippen molar-refractivity contribution in [2.24, 2.45) is 0 Å². The number of aryl methyl sites for hydroxylation is 1. The van der Waals surface area contributed by atoms with E-state index in [1.165, 1.54) is 6.07 Å². The van der Waals surface area contributed by atoms with Gasteiger partial charge in [-0.3, -0.25) is 9.10 Å². The molecule has 0 radical (unpaired) electrons. The number of ether oxygens (including phenoxy) is 1. The summed E-state index contributed by atoms with van der Waals surface area (Å²) in [4.78, 5) is 12.6. The Morgan fingerprint density at radius 2 is 1.77 bits per heavy atom. The molecule has 2 aromatic rings. The summed E-state index contributed by atoms with van der Waals surface area (Å²) in [7, 11) is -2.23. The van der Waals surface area contributed by atoms with E-state index in [0.717, 1.165) is 51.2 Å². The lowest BCUT2D eigenvalue weighted by molar-refractivity contribution is -0.137. The molecule has 0 aliphatic carbocycles. The summed E-state index contributed by atoms with van der Waals surface area (Å²) >= 11 is 0. The first-order chi connectivity index (χ1) is 16.1. The molecule has 1 N–H and O–H groups in total. The molecule has 2 rings (SSSR count). The van der Waals surface area contributed by atoms with Gasteiger partial charge >= 0.3 is 6.18 Å². The van der Waals surface area contributed by atoms with E-state index < -0.39 is 21.8 Å². The molecule has 2 aromatic carbocycles. The summed E-state index contributed by atoms with van der Waals surface area (Å²) in [5, 5.41) is 2.93. The van der Waals surface area contributed by atoms with Crippen LogP contribution in [0.25, 0.3) is 0 Å². The van der Waals surface area contributed by atoms with Crippen molar-refractivity contribution in [1.82, 2.24) is 5.32 Å². The number of halogens is 3. The number of nitrogens with zero attached hydrogens (tertiary/aromatic N) is 1. The molecule has 1 amide bonds. The number of methoxy groups -OCH3 is 1. The Morgan fingerprint density at radius 3 is 2.31 bits per heavy atom. The predicted molar refractivity (Wildman–Crippen MR) is 131 cm³/mol. The maximum absolute atomic E-state index is 13.1. The molecule has 0 aliphatic rings. The Morgan fingerprint density at radius 1 is 1.11 bits per heavy atom. The van der Waals surface area contributed by atoms with Gasteiger partial charge in [0.05, 0.1) is 30.7 Å². The summed E-state index contributed by atoms with van der Waals surface area (Å²) in [6, 6.07) is 7.80. The molecular formula is C25H33F3N2O4S. The average molecular weight is 515 g/mol. The minimum absolute atomic E-state index is 0.0154. The van der Waals surface area contributed by atoms with Crippen LogP contribution in [0.2, 0.25) is 0 Å². The lowest BCUT2D eigenvalue weighted by Gasteiger charge is -2.24. The molecule has 0 spiro atoms. The van der Waals surface area contributed by atoms with Gasteiger partial charge in [0.1, 0.15) is 5.75 Å². The molecule has 35 heavy (non-hydrogen) atoms. The van der Waals surface area contributed by atoms with Gasteiger partial charge in [-0.25, -0.2) is 8.42 Å². The second-order valence-corrected chi connectivity index (χ2v) is 10.8. The lowest BCUT2D eigenvalue weighted by Crippen LogP contribution is -2.33. The number of amides is 1. The van der Waals surface area contributed by atoms with Gasteiger partial charge in [0.2, 0.25) is 15.9 Å². The van der Waals surface area contributed by atoms with Crippen LogP contribution in [-0.4, -0.2) is 34.2 Å². The van der Waals surface area contributed by atoms with Crippen LogP contribution in [0.5, 0.6) is 5.75 Å². The molecule has 6 nitrogen and oxygen atoms in total. The normalized spacial score (nSPS) is 13.0. The fourth-order valence-electron chi connectivity index (χ4n) is 3.91. The third-order valence-corrected chi connectivity index (χ3v) is 6.91. The second kappa shape index (κ2) is 11.3. The number of carbonyl (C=O) groups is 1. The maximum Gasteiger partial charge on any atom is 0.416 e. The molecule has 0 bridgehead atoms. The summed E-state index contributed by atoms with van der Waals surface area (Å²) in [6.45, 7) is 7.78. The number of benzene rings is 2. The highest BCUT2D eigenvalue weighted by Crippen LogP contribution is 2.33. The van der Waals surface area contributed by atoms with Gasteiger partial charge in [-0.1, -0.05) is 19.9 Å². The van der Waals surface area contributed by atoms with Gasteiger partial charge in [-0.15, -0.1) is 0 Å². The Hall–Kier alpha value is -2.75. The SMILES string of the molecule is COc1cc(C)c([C@@H](C)NC(=O)CCCN(c2cccc(C(F)(F)F)c2)S(C)(=O)=O)cc1C(C)C. The first kappa shape index (κ1) is 28.5. The molecule has 10 heteroatoms. The molecule has 1 atom stereocenters. The number of sulfonamides is 1. The molecule has 0 aliphatic heterocycles. The second-order valence-electron chi connectivity index (χ2n) is 8.88. The fourth-order valence-corrected chi connectivity index (χ4v) is 4.87. The molecule has 194 valence electrons. The number of hydrogen-bond donors (Lipinski definition) is 1. The van der Waals surface area contributed by atoms with Crippen molar-refractivity contribution < 1.29 is 31.1 Å². The maximum atomic E-state index is 13.1. The monoisotopic (exact) mass is 514 g/mol. The molecule has 0 heterocycles. The van der Waals surface area contributed by atoms with Gasteiger partial charge < -0.3 is 10.1 Å². The predicted octanol–water partition coefficient (Wildman–Crippen LogP) is 5.57. The third-order valence-electron chi connectivity index (χ3n) is 5.71. The minimum atomic E-state index is -4.59. The van der Waals surface area contributed by atoms with Gasteiger partial charge in [0.15, 0.2) is 0 Å². The molecule has 0 fully saturated rings. The van der Waals surface area contributed by atoms with E-state index >= 15 is 0 Å². The first-order valence-electron chi connectivity index (χ1n) is 11.3. The number of nitrogens with one attached hydrogen (secondary N) is 1. The number of rotatable bonds is 10. The smallest absolute Gasteiger partial charge is 0.416 e. The zero-order valence-corrected chi connectivity index (χ0v) is 21.7. The van der Waals surface area contributed by atoms with Gasteiger partial charge in [-0.2, -0.15) is 13.2 Å². The van der Waals surface area contributed by atoms with Crippen molar-refractivity contribution in [3.63, 3.8) is 0 Å². The van der Waals surface area contributed by atoms with E-state index in [4.69, 9.17) is 4.74 Å². The van der Waals surface area contributed by atoms with E-state index in [9.17, 15) is 26.4 Å². The Kier molecular flexibility index (Phi) is 9.22. The van der Waals surface area contributed by atoms with E-state index in [1.807, 2.05) is 26.0 Å². The Bertz CT molecular complexity index is 1150. The van der Waals surface area contributed by atoms with E-state index in [0.29, 0.717) is 0 Å². The first-order valence-corrected chi connectivity index (χ1v) is 13.1. The van der Waals surface area contributed by atoms with Crippen molar-refractivity contribution in [2.75, 3.05) is 24.2 Å². The van der Waals surface area contributed by atoms with Crippen LogP contribution in [-0.2, 0) is 21.0 Å². The van der Waals surface area contributed by atoms with Gasteiger partial charge in [0, 0.05) is 13.0 Å². The van der Waals surface area contributed by atoms with Crippen molar-refractivity contribution in [1.29, 1.82) is 0 Å². The van der Waals surface area contributed by atoms with E-state index in [-0.39, 0.29) is 42.9 Å². The molecule has 0 saturated carbocycles. The van der Waals surface area contributed by atoms with Crippen LogP contribution in [0.3, 0.4) is 0 Å². The number of hydrogen-bond acceptors (Lipinski definition) is 4. The Balaban J connectivity index is 2.09. The van der Waals surface area contributed by atoms with Crippen LogP contribution in [0.1, 0.15) is 67.8 Å². The van der Waals surface area contributed by atoms with Crippen molar-refractivity contribution in [2.45, 2.75) is 58.7 Å². The van der Waals surface area contributed by atoms with Crippen LogP contribution in [0, 0.1) is 6.92 Å². The topological polar surface area (TPSA) is 75.7 Å². The van der Waals surface area contributed by atoms with E-state index in [2.05, 4.69) is 19.2 Å². The Labute approximate surface area is 205 Å². The highest BCUT2D eigenvalue weighted by molar-refractivity contribution is 7.92. The average Bonchev–Trinajstić information content (AvgIpc) is 2.74. The van der Waals surface area contributed by atoms with Crippen LogP contribution in [0.15, 0.2) is 36.4 Å². The quantitative estimate of drug-likeness (QED) is 0.450. The standard InChI is InChI=1S/C25H33F3N2O4S/c1-16(2)21-15-22(17(3)13-23(21)34-5)18(4)29-24(31)11-8-12-30(35(6,32)33)20-10-7-9-19(14-20)25(26,27)28/h7,9-10,13-16,18H,8,11-12H2,1-6H3,(H,29,31)/t18-/m1/s1. The third kappa shape index (κ3) is 7.62. The number of anilines is 1. The lowest BCUT2D eigenvalue weighted by atomic mass is 9.93. The molecule has 0 unspecified atom stereocenters. The zero-order chi connectivity index (χ0) is 26.6. The zero-order valence-electron chi connectivity index (χ0n) is 20.9. The summed E-state index contributed by atoms with van der Waals surface area (Å²) in [5.74, 6) is 0.733. The largest absolute Gasteiger partial charge is 0.496 e. The highest BCUT2D eigenvalue weighted by Gasteiger charge is 2.31. The number of carbonyl (C=O) groups excluding carboxylic acids is 1. The fraction of sp³-hybridized carbons (Fsp3) is 0.480.